The zero-order valence-electron chi connectivity index (χ0n) is 25.0. The van der Waals surface area contributed by atoms with Gasteiger partial charge in [-0.1, -0.05) is 79.7 Å². The summed E-state index contributed by atoms with van der Waals surface area (Å²) < 4.78 is 34.5. The maximum Gasteiger partial charge on any atom is 0.264 e. The van der Waals surface area contributed by atoms with Crippen LogP contribution < -0.4 is 14.4 Å². The fraction of sp³-hybridized carbons (Fsp3) is 0.394. The average molecular weight is 626 g/mol. The van der Waals surface area contributed by atoms with Crippen LogP contribution in [0.2, 0.25) is 5.02 Å². The molecular formula is C33H40ClN3O5S. The normalized spacial score (nSPS) is 14.5. The van der Waals surface area contributed by atoms with Crippen LogP contribution in [0.3, 0.4) is 0 Å². The third kappa shape index (κ3) is 8.09. The van der Waals surface area contributed by atoms with Crippen LogP contribution in [0.25, 0.3) is 0 Å². The lowest BCUT2D eigenvalue weighted by Crippen LogP contribution is -2.54. The number of hydrogen-bond donors (Lipinski definition) is 1. The molecule has 8 nitrogen and oxygen atoms in total. The molecule has 0 saturated heterocycles. The Morgan fingerprint density at radius 3 is 2.35 bits per heavy atom. The van der Waals surface area contributed by atoms with Crippen LogP contribution in [0.4, 0.5) is 5.69 Å². The molecule has 0 aliphatic heterocycles. The van der Waals surface area contributed by atoms with Gasteiger partial charge in [-0.2, -0.15) is 0 Å². The highest BCUT2D eigenvalue weighted by Gasteiger charge is 2.35. The summed E-state index contributed by atoms with van der Waals surface area (Å²) in [5, 5.41) is 3.35. The molecule has 1 unspecified atom stereocenters. The number of ether oxygens (including phenoxy) is 1. The Hall–Kier alpha value is -3.56. The van der Waals surface area contributed by atoms with Gasteiger partial charge in [-0.3, -0.25) is 13.9 Å². The maximum atomic E-state index is 14.3. The van der Waals surface area contributed by atoms with Gasteiger partial charge >= 0.3 is 0 Å². The Morgan fingerprint density at radius 1 is 1.00 bits per heavy atom. The van der Waals surface area contributed by atoms with Crippen molar-refractivity contribution >= 4 is 39.1 Å². The monoisotopic (exact) mass is 625 g/mol. The summed E-state index contributed by atoms with van der Waals surface area (Å²) in [6.45, 7) is 3.27. The molecule has 10 heteroatoms. The van der Waals surface area contributed by atoms with Gasteiger partial charge in [0.2, 0.25) is 11.8 Å². The van der Waals surface area contributed by atoms with Crippen LogP contribution in [0.15, 0.2) is 77.7 Å². The van der Waals surface area contributed by atoms with Gasteiger partial charge in [0.25, 0.3) is 10.0 Å². The molecule has 230 valence electrons. The van der Waals surface area contributed by atoms with Gasteiger partial charge in [0.15, 0.2) is 0 Å². The van der Waals surface area contributed by atoms with E-state index in [4.69, 9.17) is 16.3 Å². The number of halogens is 1. The van der Waals surface area contributed by atoms with Crippen molar-refractivity contribution in [3.63, 3.8) is 0 Å². The third-order valence-corrected chi connectivity index (χ3v) is 9.93. The number of nitrogens with zero attached hydrogens (tertiary/aromatic N) is 2. The van der Waals surface area contributed by atoms with Crippen LogP contribution >= 0.6 is 11.6 Å². The topological polar surface area (TPSA) is 96.0 Å². The zero-order valence-corrected chi connectivity index (χ0v) is 26.5. The van der Waals surface area contributed by atoms with Crippen molar-refractivity contribution in [1.29, 1.82) is 0 Å². The number of para-hydroxylation sites is 1. The Balaban J connectivity index is 1.72. The fourth-order valence-corrected chi connectivity index (χ4v) is 7.16. The van der Waals surface area contributed by atoms with Crippen molar-refractivity contribution in [2.75, 3.05) is 18.0 Å². The maximum absolute atomic E-state index is 14.3. The van der Waals surface area contributed by atoms with E-state index >= 15 is 0 Å². The molecule has 0 radical (unpaired) electrons. The lowest BCUT2D eigenvalue weighted by molar-refractivity contribution is -0.140. The highest BCUT2D eigenvalue weighted by molar-refractivity contribution is 7.92. The van der Waals surface area contributed by atoms with E-state index in [2.05, 4.69) is 5.32 Å². The Labute approximate surface area is 260 Å². The highest BCUT2D eigenvalue weighted by atomic mass is 35.5. The molecule has 1 aliphatic carbocycles. The first-order valence-electron chi connectivity index (χ1n) is 14.7. The first-order valence-corrected chi connectivity index (χ1v) is 16.5. The van der Waals surface area contributed by atoms with E-state index < -0.39 is 28.5 Å². The second-order valence-corrected chi connectivity index (χ2v) is 13.2. The molecule has 0 aromatic heterocycles. The summed E-state index contributed by atoms with van der Waals surface area (Å²) in [5.74, 6) is -0.148. The molecule has 0 heterocycles. The number of benzene rings is 3. The summed E-state index contributed by atoms with van der Waals surface area (Å²) in [4.78, 5) is 29.5. The van der Waals surface area contributed by atoms with E-state index in [1.165, 1.54) is 17.0 Å². The van der Waals surface area contributed by atoms with E-state index in [0.717, 1.165) is 47.5 Å². The largest absolute Gasteiger partial charge is 0.497 e. The van der Waals surface area contributed by atoms with Crippen molar-refractivity contribution in [3.8, 4) is 5.75 Å². The summed E-state index contributed by atoms with van der Waals surface area (Å²) in [6.07, 6.45) is 5.42. The molecule has 3 aromatic rings. The molecule has 4 rings (SSSR count). The van der Waals surface area contributed by atoms with Crippen molar-refractivity contribution in [2.45, 2.75) is 75.9 Å². The minimum Gasteiger partial charge on any atom is -0.497 e. The second-order valence-electron chi connectivity index (χ2n) is 10.9. The molecular weight excluding hydrogens is 586 g/mol. The van der Waals surface area contributed by atoms with E-state index in [1.54, 1.807) is 55.6 Å². The molecule has 2 amide bonds. The number of aryl methyl sites for hydroxylation is 1. The van der Waals surface area contributed by atoms with Gasteiger partial charge in [0, 0.05) is 12.6 Å². The number of nitrogens with one attached hydrogen (secondary N) is 1. The molecule has 3 aromatic carbocycles. The van der Waals surface area contributed by atoms with Crippen molar-refractivity contribution in [3.05, 3.63) is 88.9 Å². The minimum atomic E-state index is -4.20. The number of hydrogen-bond acceptors (Lipinski definition) is 5. The summed E-state index contributed by atoms with van der Waals surface area (Å²) in [5.41, 5.74) is 1.83. The van der Waals surface area contributed by atoms with Crippen molar-refractivity contribution in [2.24, 2.45) is 0 Å². The van der Waals surface area contributed by atoms with Crippen LogP contribution in [-0.2, 0) is 26.2 Å². The van der Waals surface area contributed by atoms with Crippen LogP contribution in [-0.4, -0.2) is 50.9 Å². The highest BCUT2D eigenvalue weighted by Crippen LogP contribution is 2.31. The molecule has 0 spiro atoms. The predicted octanol–water partition coefficient (Wildman–Crippen LogP) is 6.11. The number of amides is 2. The first-order chi connectivity index (χ1) is 20.6. The second kappa shape index (κ2) is 14.8. The summed E-state index contributed by atoms with van der Waals surface area (Å²) in [6, 6.07) is 19.5. The number of methoxy groups -OCH3 is 1. The van der Waals surface area contributed by atoms with Crippen molar-refractivity contribution < 1.29 is 22.7 Å². The van der Waals surface area contributed by atoms with Gasteiger partial charge in [0.1, 0.15) is 18.3 Å². The lowest BCUT2D eigenvalue weighted by Gasteiger charge is -2.34. The minimum absolute atomic E-state index is 0.0345. The van der Waals surface area contributed by atoms with Crippen molar-refractivity contribution in [1.82, 2.24) is 10.2 Å². The van der Waals surface area contributed by atoms with E-state index in [1.807, 2.05) is 26.0 Å². The SMILES string of the molecule is CCC(C(=O)NC1CCCCC1)N(Cc1cccc(OC)c1)C(=O)CN(c1ccccc1Cl)S(=O)(=O)c1ccc(C)cc1. The lowest BCUT2D eigenvalue weighted by atomic mass is 9.95. The number of rotatable bonds is 12. The van der Waals surface area contributed by atoms with Gasteiger partial charge in [0.05, 0.1) is 22.7 Å². The fourth-order valence-electron chi connectivity index (χ4n) is 5.44. The standard InChI is InChI=1S/C33H40ClN3O5S/c1-4-30(33(39)35-26-12-6-5-7-13-26)36(22-25-11-10-14-27(21-25)42-3)32(38)23-37(31-16-9-8-15-29(31)34)43(40,41)28-19-17-24(2)18-20-28/h8-11,14-21,26,30H,4-7,12-13,22-23H2,1-3H3,(H,35,39). The number of carbonyl (C=O) groups excluding carboxylic acids is 2. The van der Waals surface area contributed by atoms with E-state index in [9.17, 15) is 18.0 Å². The molecule has 1 N–H and O–H groups in total. The Kier molecular flexibility index (Phi) is 11.1. The van der Waals surface area contributed by atoms with Gasteiger partial charge < -0.3 is 15.0 Å². The van der Waals surface area contributed by atoms with Gasteiger partial charge in [-0.15, -0.1) is 0 Å². The third-order valence-electron chi connectivity index (χ3n) is 7.83. The molecule has 1 atom stereocenters. The van der Waals surface area contributed by atoms with Crippen LogP contribution in [0.1, 0.15) is 56.6 Å². The molecule has 43 heavy (non-hydrogen) atoms. The number of anilines is 1. The smallest absolute Gasteiger partial charge is 0.264 e. The van der Waals surface area contributed by atoms with E-state index in [-0.39, 0.29) is 34.1 Å². The Morgan fingerprint density at radius 2 is 1.70 bits per heavy atom. The first kappa shape index (κ1) is 32.4. The van der Waals surface area contributed by atoms with Gasteiger partial charge in [-0.05, 0) is 68.1 Å². The molecule has 1 fully saturated rings. The molecule has 1 saturated carbocycles. The number of sulfonamides is 1. The van der Waals surface area contributed by atoms with Gasteiger partial charge in [-0.25, -0.2) is 8.42 Å². The van der Waals surface area contributed by atoms with Crippen LogP contribution in [0, 0.1) is 6.92 Å². The summed E-state index contributed by atoms with van der Waals surface area (Å²) >= 11 is 6.50. The molecule has 1 aliphatic rings. The Bertz CT molecular complexity index is 1510. The van der Waals surface area contributed by atoms with Crippen LogP contribution in [0.5, 0.6) is 5.75 Å². The quantitative estimate of drug-likeness (QED) is 0.262. The average Bonchev–Trinajstić information content (AvgIpc) is 3.01. The molecule has 0 bridgehead atoms. The zero-order chi connectivity index (χ0) is 31.0. The number of carbonyl (C=O) groups is 2. The van der Waals surface area contributed by atoms with E-state index in [0.29, 0.717) is 12.2 Å². The predicted molar refractivity (Wildman–Crippen MR) is 170 cm³/mol. The summed E-state index contributed by atoms with van der Waals surface area (Å²) in [7, 11) is -2.64.